The van der Waals surface area contributed by atoms with Crippen molar-refractivity contribution in [3.63, 3.8) is 0 Å². The summed E-state index contributed by atoms with van der Waals surface area (Å²) in [5.41, 5.74) is 8.65. The quantitative estimate of drug-likeness (QED) is 0.755. The summed E-state index contributed by atoms with van der Waals surface area (Å²) in [6, 6.07) is 0.174. The summed E-state index contributed by atoms with van der Waals surface area (Å²) in [6.07, 6.45) is 7.82. The van der Waals surface area contributed by atoms with Crippen molar-refractivity contribution in [2.45, 2.75) is 31.8 Å². The number of carbonyl (C=O) groups excluding carboxylic acids is 1. The second-order valence-electron chi connectivity index (χ2n) is 5.54. The number of nitrogens with two attached hydrogens (primary N) is 1. The van der Waals surface area contributed by atoms with Gasteiger partial charge in [0.05, 0.1) is 18.6 Å². The molecule has 20 heavy (non-hydrogen) atoms. The fourth-order valence-electron chi connectivity index (χ4n) is 3.36. The second kappa shape index (κ2) is 5.37. The SMILES string of the molecule is CCOC(=O)C1CC2=C(NC3C=CC(Br)=CC23)C(N)C1. The number of nitrogens with one attached hydrogen (secondary N) is 1. The first-order valence-electron chi connectivity index (χ1n) is 7.07. The van der Waals surface area contributed by atoms with Crippen molar-refractivity contribution in [1.82, 2.24) is 5.32 Å². The van der Waals surface area contributed by atoms with Crippen molar-refractivity contribution in [2.75, 3.05) is 6.61 Å². The molecule has 3 rings (SSSR count). The van der Waals surface area contributed by atoms with E-state index in [0.717, 1.165) is 16.6 Å². The van der Waals surface area contributed by atoms with E-state index in [1.54, 1.807) is 0 Å². The Bertz CT molecular complexity index is 524. The summed E-state index contributed by atoms with van der Waals surface area (Å²) < 4.78 is 6.24. The smallest absolute Gasteiger partial charge is 0.309 e. The first kappa shape index (κ1) is 13.9. The van der Waals surface area contributed by atoms with Crippen molar-refractivity contribution in [2.24, 2.45) is 17.6 Å². The molecule has 0 spiro atoms. The molecular formula is C15H19BrN2O2. The minimum absolute atomic E-state index is 0.0978. The molecule has 0 amide bonds. The van der Waals surface area contributed by atoms with E-state index in [0.29, 0.717) is 18.9 Å². The maximum absolute atomic E-state index is 12.0. The molecule has 4 nitrogen and oxygen atoms in total. The maximum Gasteiger partial charge on any atom is 0.309 e. The van der Waals surface area contributed by atoms with E-state index in [4.69, 9.17) is 10.5 Å². The summed E-state index contributed by atoms with van der Waals surface area (Å²) in [5, 5.41) is 3.51. The topological polar surface area (TPSA) is 64.3 Å². The lowest BCUT2D eigenvalue weighted by Crippen LogP contribution is -2.38. The van der Waals surface area contributed by atoms with Crippen LogP contribution in [0.25, 0.3) is 0 Å². The Hall–Kier alpha value is -1.07. The molecule has 0 saturated carbocycles. The van der Waals surface area contributed by atoms with Crippen molar-refractivity contribution >= 4 is 21.9 Å². The first-order chi connectivity index (χ1) is 9.60. The molecule has 4 unspecified atom stereocenters. The standard InChI is InChI=1S/C15H19BrN2O2/c1-2-20-15(19)8-5-11-10-7-9(16)3-4-13(10)18-14(11)12(17)6-8/h3-4,7-8,10,12-13,18H,2,5-6,17H2,1H3. The molecule has 1 heterocycles. The van der Waals surface area contributed by atoms with E-state index in [1.165, 1.54) is 5.57 Å². The van der Waals surface area contributed by atoms with Crippen LogP contribution in [0.3, 0.4) is 0 Å². The van der Waals surface area contributed by atoms with E-state index >= 15 is 0 Å². The highest BCUT2D eigenvalue weighted by Gasteiger charge is 2.41. The lowest BCUT2D eigenvalue weighted by atomic mass is 9.79. The Morgan fingerprint density at radius 2 is 2.40 bits per heavy atom. The number of halogens is 1. The van der Waals surface area contributed by atoms with Gasteiger partial charge in [0.15, 0.2) is 0 Å². The molecule has 0 aromatic carbocycles. The maximum atomic E-state index is 12.0. The molecule has 4 atom stereocenters. The van der Waals surface area contributed by atoms with Crippen LogP contribution in [0.2, 0.25) is 0 Å². The van der Waals surface area contributed by atoms with Gasteiger partial charge in [0, 0.05) is 22.1 Å². The van der Waals surface area contributed by atoms with Gasteiger partial charge >= 0.3 is 5.97 Å². The predicted octanol–water partition coefficient (Wildman–Crippen LogP) is 1.98. The van der Waals surface area contributed by atoms with Gasteiger partial charge in [0.25, 0.3) is 0 Å². The lowest BCUT2D eigenvalue weighted by Gasteiger charge is -2.28. The molecule has 0 saturated heterocycles. The molecule has 5 heteroatoms. The van der Waals surface area contributed by atoms with Gasteiger partial charge in [-0.1, -0.05) is 34.2 Å². The number of hydrogen-bond donors (Lipinski definition) is 2. The molecule has 108 valence electrons. The molecule has 1 aliphatic heterocycles. The fourth-order valence-corrected chi connectivity index (χ4v) is 3.79. The van der Waals surface area contributed by atoms with Crippen LogP contribution in [-0.2, 0) is 9.53 Å². The number of allylic oxidation sites excluding steroid dienone is 2. The number of rotatable bonds is 2. The van der Waals surface area contributed by atoms with Crippen molar-refractivity contribution in [3.05, 3.63) is 34.0 Å². The van der Waals surface area contributed by atoms with E-state index in [9.17, 15) is 4.79 Å². The Labute approximate surface area is 127 Å². The Balaban J connectivity index is 1.84. The zero-order valence-corrected chi connectivity index (χ0v) is 13.0. The van der Waals surface area contributed by atoms with Gasteiger partial charge in [-0.05, 0) is 25.3 Å². The summed E-state index contributed by atoms with van der Waals surface area (Å²) in [4.78, 5) is 12.0. The number of hydrogen-bond acceptors (Lipinski definition) is 4. The van der Waals surface area contributed by atoms with Crippen molar-refractivity contribution in [1.29, 1.82) is 0 Å². The van der Waals surface area contributed by atoms with Crippen LogP contribution in [0.1, 0.15) is 19.8 Å². The van der Waals surface area contributed by atoms with Crippen LogP contribution in [-0.4, -0.2) is 24.7 Å². The van der Waals surface area contributed by atoms with Crippen LogP contribution in [0.4, 0.5) is 0 Å². The molecule has 0 fully saturated rings. The Morgan fingerprint density at radius 3 is 3.15 bits per heavy atom. The molecular weight excluding hydrogens is 320 g/mol. The first-order valence-corrected chi connectivity index (χ1v) is 7.86. The van der Waals surface area contributed by atoms with Crippen molar-refractivity contribution < 1.29 is 9.53 Å². The molecule has 0 bridgehead atoms. The molecule has 0 aromatic heterocycles. The number of fused-ring (bicyclic) bond motifs is 2. The number of carbonyl (C=O) groups is 1. The van der Waals surface area contributed by atoms with Gasteiger partial charge in [0.1, 0.15) is 0 Å². The molecule has 0 aromatic rings. The third kappa shape index (κ3) is 2.33. The summed E-state index contributed by atoms with van der Waals surface area (Å²) >= 11 is 3.53. The summed E-state index contributed by atoms with van der Waals surface area (Å²) in [5.74, 6) is 0.0716. The molecule has 0 radical (unpaired) electrons. The minimum Gasteiger partial charge on any atom is -0.466 e. The van der Waals surface area contributed by atoms with Gasteiger partial charge in [-0.2, -0.15) is 0 Å². The lowest BCUT2D eigenvalue weighted by molar-refractivity contribution is -0.148. The highest BCUT2D eigenvalue weighted by molar-refractivity contribution is 9.11. The van der Waals surface area contributed by atoms with Gasteiger partial charge in [-0.15, -0.1) is 0 Å². The Morgan fingerprint density at radius 1 is 1.60 bits per heavy atom. The van der Waals surface area contributed by atoms with E-state index in [1.807, 2.05) is 6.92 Å². The zero-order valence-electron chi connectivity index (χ0n) is 11.4. The van der Waals surface area contributed by atoms with Gasteiger partial charge < -0.3 is 15.8 Å². The van der Waals surface area contributed by atoms with E-state index < -0.39 is 0 Å². The Kier molecular flexibility index (Phi) is 3.73. The van der Waals surface area contributed by atoms with Crippen LogP contribution < -0.4 is 11.1 Å². The zero-order chi connectivity index (χ0) is 14.3. The second-order valence-corrected chi connectivity index (χ2v) is 6.46. The minimum atomic E-state index is -0.118. The summed E-state index contributed by atoms with van der Waals surface area (Å²) in [7, 11) is 0. The van der Waals surface area contributed by atoms with Gasteiger partial charge in [0.2, 0.25) is 0 Å². The third-order valence-corrected chi connectivity index (χ3v) is 4.78. The number of esters is 1. The van der Waals surface area contributed by atoms with Crippen LogP contribution in [0.5, 0.6) is 0 Å². The van der Waals surface area contributed by atoms with Crippen LogP contribution in [0.15, 0.2) is 34.0 Å². The highest BCUT2D eigenvalue weighted by Crippen LogP contribution is 2.42. The van der Waals surface area contributed by atoms with Crippen LogP contribution in [0, 0.1) is 11.8 Å². The third-order valence-electron chi connectivity index (χ3n) is 4.25. The van der Waals surface area contributed by atoms with Gasteiger partial charge in [-0.3, -0.25) is 4.79 Å². The van der Waals surface area contributed by atoms with Crippen molar-refractivity contribution in [3.8, 4) is 0 Å². The predicted molar refractivity (Wildman–Crippen MR) is 80.9 cm³/mol. The molecule has 2 aliphatic carbocycles. The normalized spacial score (nSPS) is 35.0. The average molecular weight is 339 g/mol. The monoisotopic (exact) mass is 338 g/mol. The largest absolute Gasteiger partial charge is 0.466 e. The van der Waals surface area contributed by atoms with Crippen LogP contribution >= 0.6 is 15.9 Å². The van der Waals surface area contributed by atoms with E-state index in [2.05, 4.69) is 39.5 Å². The molecule has 3 aliphatic rings. The van der Waals surface area contributed by atoms with E-state index in [-0.39, 0.29) is 24.0 Å². The highest BCUT2D eigenvalue weighted by atomic mass is 79.9. The fraction of sp³-hybridized carbons (Fsp3) is 0.533. The average Bonchev–Trinajstić information content (AvgIpc) is 2.78. The molecule has 3 N–H and O–H groups in total. The number of ether oxygens (including phenoxy) is 1. The summed E-state index contributed by atoms with van der Waals surface area (Å²) in [6.45, 7) is 2.26. The van der Waals surface area contributed by atoms with Gasteiger partial charge in [-0.25, -0.2) is 0 Å².